The Morgan fingerprint density at radius 1 is 1.00 bits per heavy atom. The van der Waals surface area contributed by atoms with Crippen LogP contribution in [-0.2, 0) is 0 Å². The maximum atomic E-state index is 11.4. The van der Waals surface area contributed by atoms with Crippen molar-refractivity contribution >= 4 is 11.9 Å². The lowest BCUT2D eigenvalue weighted by Gasteiger charge is -2.08. The highest BCUT2D eigenvalue weighted by Gasteiger charge is 2.13. The zero-order chi connectivity index (χ0) is 13.1. The van der Waals surface area contributed by atoms with Gasteiger partial charge in [0, 0.05) is 5.56 Å². The molecule has 0 unspecified atom stereocenters. The van der Waals surface area contributed by atoms with Crippen LogP contribution in [0.1, 0.15) is 20.7 Å². The first-order valence-electron chi connectivity index (χ1n) is 5.32. The third kappa shape index (κ3) is 2.22. The molecule has 0 aliphatic carbocycles. The molecule has 18 heavy (non-hydrogen) atoms. The monoisotopic (exact) mass is 241 g/mol. The van der Waals surface area contributed by atoms with Gasteiger partial charge in [0.1, 0.15) is 0 Å². The molecular weight excluding hydrogens is 230 g/mol. The van der Waals surface area contributed by atoms with Crippen LogP contribution in [0.4, 0.5) is 0 Å². The van der Waals surface area contributed by atoms with Crippen LogP contribution in [0.5, 0.6) is 0 Å². The number of hydrogen-bond acceptors (Lipinski definition) is 2. The molecule has 2 aromatic carbocycles. The molecule has 0 aromatic heterocycles. The third-order valence-electron chi connectivity index (χ3n) is 2.62. The van der Waals surface area contributed by atoms with Crippen LogP contribution >= 0.6 is 0 Å². The first-order valence-corrected chi connectivity index (χ1v) is 5.32. The van der Waals surface area contributed by atoms with Gasteiger partial charge in [-0.25, -0.2) is 4.79 Å². The Kier molecular flexibility index (Phi) is 3.10. The Bertz CT molecular complexity index is 606. The lowest BCUT2D eigenvalue weighted by Crippen LogP contribution is -2.13. The first kappa shape index (κ1) is 11.9. The van der Waals surface area contributed by atoms with Gasteiger partial charge in [0.15, 0.2) is 0 Å². The van der Waals surface area contributed by atoms with E-state index in [-0.39, 0.29) is 5.56 Å². The van der Waals surface area contributed by atoms with Crippen molar-refractivity contribution in [1.29, 1.82) is 0 Å². The average Bonchev–Trinajstić information content (AvgIpc) is 2.39. The van der Waals surface area contributed by atoms with Gasteiger partial charge in [-0.2, -0.15) is 0 Å². The first-order chi connectivity index (χ1) is 8.59. The van der Waals surface area contributed by atoms with Crippen LogP contribution in [0, 0.1) is 0 Å². The highest BCUT2D eigenvalue weighted by atomic mass is 16.4. The molecule has 90 valence electrons. The number of aromatic carboxylic acids is 1. The molecule has 1 amide bonds. The van der Waals surface area contributed by atoms with Gasteiger partial charge in [-0.3, -0.25) is 4.79 Å². The zero-order valence-corrected chi connectivity index (χ0v) is 9.46. The Balaban J connectivity index is 2.65. The van der Waals surface area contributed by atoms with Crippen molar-refractivity contribution < 1.29 is 14.7 Å². The summed E-state index contributed by atoms with van der Waals surface area (Å²) < 4.78 is 0. The molecule has 3 N–H and O–H groups in total. The highest BCUT2D eigenvalue weighted by molar-refractivity contribution is 6.01. The molecular formula is C14H11NO3. The van der Waals surface area contributed by atoms with Crippen LogP contribution < -0.4 is 5.73 Å². The van der Waals surface area contributed by atoms with Crippen LogP contribution in [0.2, 0.25) is 0 Å². The minimum atomic E-state index is -1.04. The molecule has 4 nitrogen and oxygen atoms in total. The molecule has 0 bridgehead atoms. The maximum Gasteiger partial charge on any atom is 0.335 e. The number of amides is 1. The molecule has 0 atom stereocenters. The van der Waals surface area contributed by atoms with E-state index in [2.05, 4.69) is 0 Å². The highest BCUT2D eigenvalue weighted by Crippen LogP contribution is 2.24. The van der Waals surface area contributed by atoms with Gasteiger partial charge in [0.05, 0.1) is 5.56 Å². The van der Waals surface area contributed by atoms with E-state index in [4.69, 9.17) is 10.8 Å². The van der Waals surface area contributed by atoms with Gasteiger partial charge in [-0.15, -0.1) is 0 Å². The number of carboxylic acid groups (broad SMARTS) is 1. The van der Waals surface area contributed by atoms with Crippen molar-refractivity contribution in [2.24, 2.45) is 5.73 Å². The maximum absolute atomic E-state index is 11.4. The van der Waals surface area contributed by atoms with Crippen LogP contribution in [0.3, 0.4) is 0 Å². The summed E-state index contributed by atoms with van der Waals surface area (Å²) in [6, 6.07) is 13.3. The summed E-state index contributed by atoms with van der Waals surface area (Å²) in [4.78, 5) is 22.3. The number of benzene rings is 2. The van der Waals surface area contributed by atoms with E-state index in [1.807, 2.05) is 18.2 Å². The fourth-order valence-corrected chi connectivity index (χ4v) is 1.75. The number of carboxylic acids is 1. The van der Waals surface area contributed by atoms with Gasteiger partial charge in [-0.05, 0) is 29.3 Å². The van der Waals surface area contributed by atoms with Crippen molar-refractivity contribution in [2.45, 2.75) is 0 Å². The molecule has 0 radical (unpaired) electrons. The molecule has 0 aliphatic rings. The molecule has 0 saturated heterocycles. The molecule has 2 rings (SSSR count). The van der Waals surface area contributed by atoms with Crippen LogP contribution in [0.15, 0.2) is 48.5 Å². The Morgan fingerprint density at radius 2 is 1.67 bits per heavy atom. The topological polar surface area (TPSA) is 80.4 Å². The normalized spacial score (nSPS) is 10.0. The van der Waals surface area contributed by atoms with E-state index >= 15 is 0 Å². The number of carbonyl (C=O) groups excluding carboxylic acids is 1. The summed E-state index contributed by atoms with van der Waals surface area (Å²) in [5.74, 6) is -1.62. The molecule has 0 aliphatic heterocycles. The summed E-state index contributed by atoms with van der Waals surface area (Å²) in [6.45, 7) is 0. The van der Waals surface area contributed by atoms with E-state index < -0.39 is 11.9 Å². The SMILES string of the molecule is NC(=O)c1ccc(C(=O)O)cc1-c1ccccc1. The Hall–Kier alpha value is -2.62. The van der Waals surface area contributed by atoms with Crippen molar-refractivity contribution in [3.05, 3.63) is 59.7 Å². The van der Waals surface area contributed by atoms with Crippen molar-refractivity contribution in [2.75, 3.05) is 0 Å². The molecule has 0 saturated carbocycles. The Labute approximate surface area is 104 Å². The van der Waals surface area contributed by atoms with Crippen molar-refractivity contribution in [3.8, 4) is 11.1 Å². The van der Waals surface area contributed by atoms with Gasteiger partial charge < -0.3 is 10.8 Å². The van der Waals surface area contributed by atoms with Crippen molar-refractivity contribution in [3.63, 3.8) is 0 Å². The van der Waals surface area contributed by atoms with E-state index in [1.165, 1.54) is 18.2 Å². The number of primary amides is 1. The number of nitrogens with two attached hydrogens (primary N) is 1. The summed E-state index contributed by atoms with van der Waals surface area (Å²) >= 11 is 0. The van der Waals surface area contributed by atoms with E-state index in [0.29, 0.717) is 11.1 Å². The van der Waals surface area contributed by atoms with E-state index in [1.54, 1.807) is 12.1 Å². The van der Waals surface area contributed by atoms with Gasteiger partial charge in [0.25, 0.3) is 0 Å². The standard InChI is InChI=1S/C14H11NO3/c15-13(16)11-7-6-10(14(17)18)8-12(11)9-4-2-1-3-5-9/h1-8H,(H2,15,16)(H,17,18). The minimum Gasteiger partial charge on any atom is -0.478 e. The van der Waals surface area contributed by atoms with Crippen molar-refractivity contribution in [1.82, 2.24) is 0 Å². The van der Waals surface area contributed by atoms with E-state index in [0.717, 1.165) is 5.56 Å². The quantitative estimate of drug-likeness (QED) is 0.863. The predicted molar refractivity (Wildman–Crippen MR) is 67.4 cm³/mol. The zero-order valence-electron chi connectivity index (χ0n) is 9.46. The largest absolute Gasteiger partial charge is 0.478 e. The lowest BCUT2D eigenvalue weighted by atomic mass is 9.97. The average molecular weight is 241 g/mol. The number of rotatable bonds is 3. The molecule has 2 aromatic rings. The Morgan fingerprint density at radius 3 is 2.22 bits per heavy atom. The summed E-state index contributed by atoms with van der Waals surface area (Å²) in [7, 11) is 0. The summed E-state index contributed by atoms with van der Waals surface area (Å²) in [5.41, 5.74) is 7.02. The number of hydrogen-bond donors (Lipinski definition) is 2. The second-order valence-corrected chi connectivity index (χ2v) is 3.80. The molecule has 4 heteroatoms. The van der Waals surface area contributed by atoms with Gasteiger partial charge in [-0.1, -0.05) is 30.3 Å². The fourth-order valence-electron chi connectivity index (χ4n) is 1.75. The van der Waals surface area contributed by atoms with Gasteiger partial charge >= 0.3 is 5.97 Å². The second kappa shape index (κ2) is 4.71. The number of carbonyl (C=O) groups is 2. The minimum absolute atomic E-state index is 0.124. The predicted octanol–water partition coefficient (Wildman–Crippen LogP) is 2.15. The van der Waals surface area contributed by atoms with Crippen LogP contribution in [0.25, 0.3) is 11.1 Å². The van der Waals surface area contributed by atoms with E-state index in [9.17, 15) is 9.59 Å². The summed E-state index contributed by atoms with van der Waals surface area (Å²) in [6.07, 6.45) is 0. The summed E-state index contributed by atoms with van der Waals surface area (Å²) in [5, 5.41) is 8.97. The van der Waals surface area contributed by atoms with Crippen LogP contribution in [-0.4, -0.2) is 17.0 Å². The van der Waals surface area contributed by atoms with Gasteiger partial charge in [0.2, 0.25) is 5.91 Å². The molecule has 0 spiro atoms. The third-order valence-corrected chi connectivity index (χ3v) is 2.62. The molecule has 0 heterocycles. The lowest BCUT2D eigenvalue weighted by molar-refractivity contribution is 0.0696. The smallest absolute Gasteiger partial charge is 0.335 e. The molecule has 0 fully saturated rings. The fraction of sp³-hybridized carbons (Fsp3) is 0. The second-order valence-electron chi connectivity index (χ2n) is 3.80.